The molecule has 2 aliphatic rings. The molecule has 3 N–H and O–H groups in total. The molecule has 2 aliphatic carbocycles. The molecule has 0 aliphatic heterocycles. The number of aromatic hydroxyl groups is 2. The van der Waals surface area contributed by atoms with Gasteiger partial charge >= 0.3 is 0 Å². The Bertz CT molecular complexity index is 708. The predicted molar refractivity (Wildman–Crippen MR) is 88.2 cm³/mol. The van der Waals surface area contributed by atoms with Crippen molar-refractivity contribution in [3.8, 4) is 11.5 Å². The fraction of sp³-hybridized carbons (Fsp3) is 0.444. The third kappa shape index (κ3) is 2.31. The van der Waals surface area contributed by atoms with Crippen LogP contribution in [-0.2, 0) is 4.79 Å². The average molecular weight is 314 g/mol. The summed E-state index contributed by atoms with van der Waals surface area (Å²) in [5.74, 6) is 0.00332. The first-order valence-electron chi connectivity index (χ1n) is 7.83. The van der Waals surface area contributed by atoms with E-state index in [4.69, 9.17) is 0 Å². The number of amides is 1. The lowest BCUT2D eigenvalue weighted by Crippen LogP contribution is -2.39. The molecule has 5 heteroatoms. The molecule has 1 aromatic carbocycles. The number of phenolic OH excluding ortho intramolecular Hbond substituents is 2. The Morgan fingerprint density at radius 2 is 2.13 bits per heavy atom. The van der Waals surface area contributed by atoms with Crippen molar-refractivity contribution in [3.05, 3.63) is 35.9 Å². The Kier molecular flexibility index (Phi) is 3.47. The van der Waals surface area contributed by atoms with Gasteiger partial charge in [-0.05, 0) is 54.4 Å². The molecule has 2 atom stereocenters. The molecule has 1 aromatic rings. The van der Waals surface area contributed by atoms with Gasteiger partial charge in [-0.1, -0.05) is 26.0 Å². The topological polar surface area (TPSA) is 81.9 Å². The second-order valence-corrected chi connectivity index (χ2v) is 7.17. The predicted octanol–water partition coefficient (Wildman–Crippen LogP) is 2.93. The first-order chi connectivity index (χ1) is 10.8. The summed E-state index contributed by atoms with van der Waals surface area (Å²) < 4.78 is 0. The Hall–Kier alpha value is -2.30. The largest absolute Gasteiger partial charge is 0.504 e. The minimum absolute atomic E-state index is 0.00203. The summed E-state index contributed by atoms with van der Waals surface area (Å²) >= 11 is 0. The summed E-state index contributed by atoms with van der Waals surface area (Å²) in [7, 11) is 0. The van der Waals surface area contributed by atoms with Crippen molar-refractivity contribution >= 4 is 12.1 Å². The number of fused-ring (bicyclic) bond motifs is 2. The maximum Gasteiger partial charge on any atom is 0.250 e. The molecule has 0 saturated heterocycles. The van der Waals surface area contributed by atoms with Crippen LogP contribution < -0.4 is 5.43 Å². The summed E-state index contributed by atoms with van der Waals surface area (Å²) in [5.41, 5.74) is 3.73. The van der Waals surface area contributed by atoms with Crippen LogP contribution in [-0.4, -0.2) is 22.3 Å². The third-order valence-corrected chi connectivity index (χ3v) is 5.70. The van der Waals surface area contributed by atoms with E-state index in [1.165, 1.54) is 18.3 Å². The highest BCUT2D eigenvalue weighted by Crippen LogP contribution is 2.65. The second-order valence-electron chi connectivity index (χ2n) is 7.17. The minimum atomic E-state index is -0.497. The smallest absolute Gasteiger partial charge is 0.250 e. The number of hydrogen-bond acceptors (Lipinski definition) is 4. The maximum atomic E-state index is 12.7. The van der Waals surface area contributed by atoms with E-state index in [1.54, 1.807) is 6.07 Å². The zero-order chi connectivity index (χ0) is 16.8. The molecule has 2 bridgehead atoms. The standard InChI is InChI=1S/C18H22N2O3/c1-11-17(2,3)13-6-7-18(11,9-13)16(23)20-19-10-12-4-5-14(21)15(22)8-12/h4-5,8,10,13,21-22H,1,6-7,9H2,2-3H3,(H,20,23)/b19-10-/t13-,18+/m0/s1. The van der Waals surface area contributed by atoms with Gasteiger partial charge in [0.15, 0.2) is 11.5 Å². The fourth-order valence-corrected chi connectivity index (χ4v) is 4.04. The van der Waals surface area contributed by atoms with Crippen molar-refractivity contribution in [2.45, 2.75) is 33.1 Å². The average Bonchev–Trinajstić information content (AvgIpc) is 3.03. The molecule has 2 saturated carbocycles. The van der Waals surface area contributed by atoms with E-state index in [-0.39, 0.29) is 22.8 Å². The van der Waals surface area contributed by atoms with E-state index in [9.17, 15) is 15.0 Å². The van der Waals surface area contributed by atoms with Crippen LogP contribution >= 0.6 is 0 Å². The van der Waals surface area contributed by atoms with Crippen LogP contribution in [0.4, 0.5) is 0 Å². The first kappa shape index (κ1) is 15.6. The van der Waals surface area contributed by atoms with Gasteiger partial charge in [0.2, 0.25) is 5.91 Å². The number of benzene rings is 1. The number of phenols is 2. The second kappa shape index (κ2) is 5.11. The molecular formula is C18H22N2O3. The van der Waals surface area contributed by atoms with Crippen LogP contribution in [0.1, 0.15) is 38.7 Å². The molecule has 122 valence electrons. The summed E-state index contributed by atoms with van der Waals surface area (Å²) in [6.07, 6.45) is 4.18. The van der Waals surface area contributed by atoms with Crippen molar-refractivity contribution in [2.24, 2.45) is 21.8 Å². The van der Waals surface area contributed by atoms with Gasteiger partial charge in [0, 0.05) is 0 Å². The lowest BCUT2D eigenvalue weighted by molar-refractivity contribution is -0.128. The normalized spacial score (nSPS) is 28.4. The van der Waals surface area contributed by atoms with E-state index in [0.717, 1.165) is 24.8 Å². The number of carbonyl (C=O) groups is 1. The van der Waals surface area contributed by atoms with E-state index >= 15 is 0 Å². The molecule has 0 aromatic heterocycles. The molecule has 3 rings (SSSR count). The Labute approximate surface area is 135 Å². The van der Waals surface area contributed by atoms with Crippen LogP contribution in [0.15, 0.2) is 35.5 Å². The molecule has 0 heterocycles. The molecular weight excluding hydrogens is 292 g/mol. The van der Waals surface area contributed by atoms with Crippen LogP contribution in [0.2, 0.25) is 0 Å². The van der Waals surface area contributed by atoms with Gasteiger partial charge in [0.1, 0.15) is 0 Å². The van der Waals surface area contributed by atoms with Crippen molar-refractivity contribution in [2.75, 3.05) is 0 Å². The van der Waals surface area contributed by atoms with Crippen LogP contribution in [0.5, 0.6) is 11.5 Å². The van der Waals surface area contributed by atoms with Gasteiger partial charge < -0.3 is 10.2 Å². The SMILES string of the molecule is C=C1C(C)(C)[C@H]2CC[C@@]1(C(=O)N/N=C\c1ccc(O)c(O)c1)C2. The Morgan fingerprint density at radius 1 is 1.39 bits per heavy atom. The monoisotopic (exact) mass is 314 g/mol. The zero-order valence-corrected chi connectivity index (χ0v) is 13.5. The van der Waals surface area contributed by atoms with Crippen LogP contribution in [0.3, 0.4) is 0 Å². The molecule has 0 unspecified atom stereocenters. The summed E-state index contributed by atoms with van der Waals surface area (Å²) in [6.45, 7) is 8.52. The molecule has 5 nitrogen and oxygen atoms in total. The van der Waals surface area contributed by atoms with Gasteiger partial charge in [0.05, 0.1) is 11.6 Å². The van der Waals surface area contributed by atoms with E-state index in [0.29, 0.717) is 11.5 Å². The minimum Gasteiger partial charge on any atom is -0.504 e. The van der Waals surface area contributed by atoms with Gasteiger partial charge in [-0.3, -0.25) is 4.79 Å². The molecule has 0 spiro atoms. The van der Waals surface area contributed by atoms with Crippen molar-refractivity contribution in [3.63, 3.8) is 0 Å². The number of hydrogen-bond donors (Lipinski definition) is 3. The quantitative estimate of drug-likeness (QED) is 0.347. The first-order valence-corrected chi connectivity index (χ1v) is 7.83. The fourth-order valence-electron chi connectivity index (χ4n) is 4.04. The van der Waals surface area contributed by atoms with Gasteiger partial charge in [0.25, 0.3) is 0 Å². The molecule has 2 fully saturated rings. The Balaban J connectivity index is 1.71. The number of nitrogens with one attached hydrogen (secondary N) is 1. The van der Waals surface area contributed by atoms with Crippen LogP contribution in [0, 0.1) is 16.7 Å². The Morgan fingerprint density at radius 3 is 2.74 bits per heavy atom. The third-order valence-electron chi connectivity index (χ3n) is 5.70. The van der Waals surface area contributed by atoms with E-state index in [1.807, 2.05) is 0 Å². The number of nitrogens with zero attached hydrogens (tertiary/aromatic N) is 1. The molecule has 23 heavy (non-hydrogen) atoms. The lowest BCUT2D eigenvalue weighted by atomic mass is 9.68. The summed E-state index contributed by atoms with van der Waals surface area (Å²) in [5, 5.41) is 22.7. The van der Waals surface area contributed by atoms with Gasteiger partial charge in [-0.15, -0.1) is 0 Å². The highest BCUT2D eigenvalue weighted by atomic mass is 16.3. The van der Waals surface area contributed by atoms with Crippen LogP contribution in [0.25, 0.3) is 0 Å². The van der Waals surface area contributed by atoms with Crippen molar-refractivity contribution < 1.29 is 15.0 Å². The highest BCUT2D eigenvalue weighted by Gasteiger charge is 2.60. The molecule has 1 amide bonds. The number of hydrazone groups is 1. The lowest BCUT2D eigenvalue weighted by Gasteiger charge is -2.36. The van der Waals surface area contributed by atoms with Crippen molar-refractivity contribution in [1.29, 1.82) is 0 Å². The number of rotatable bonds is 3. The number of carbonyl (C=O) groups excluding carboxylic acids is 1. The summed E-state index contributed by atoms with van der Waals surface area (Å²) in [6, 6.07) is 4.36. The highest BCUT2D eigenvalue weighted by molar-refractivity contribution is 5.89. The van der Waals surface area contributed by atoms with Gasteiger partial charge in [-0.25, -0.2) is 5.43 Å². The van der Waals surface area contributed by atoms with Gasteiger partial charge in [-0.2, -0.15) is 5.10 Å². The van der Waals surface area contributed by atoms with E-state index < -0.39 is 5.41 Å². The maximum absolute atomic E-state index is 12.7. The molecule has 0 radical (unpaired) electrons. The summed E-state index contributed by atoms with van der Waals surface area (Å²) in [4.78, 5) is 12.7. The zero-order valence-electron chi connectivity index (χ0n) is 13.5. The van der Waals surface area contributed by atoms with Crippen molar-refractivity contribution in [1.82, 2.24) is 5.43 Å². The van der Waals surface area contributed by atoms with E-state index in [2.05, 4.69) is 31.0 Å².